The predicted octanol–water partition coefficient (Wildman–Crippen LogP) is 2.21. The molecule has 1 aliphatic rings. The highest BCUT2D eigenvalue weighted by atomic mass is 79.9. The Hall–Kier alpha value is -0.390. The molecule has 0 aromatic carbocycles. The maximum atomic E-state index is 11.1. The molecule has 1 fully saturated rings. The van der Waals surface area contributed by atoms with Crippen LogP contribution in [0.3, 0.4) is 0 Å². The van der Waals surface area contributed by atoms with Gasteiger partial charge in [0.15, 0.2) is 0 Å². The first-order chi connectivity index (χ1) is 7.65. The number of thiophene rings is 1. The Kier molecular flexibility index (Phi) is 4.00. The van der Waals surface area contributed by atoms with E-state index in [9.17, 15) is 4.79 Å². The molecule has 88 valence electrons. The van der Waals surface area contributed by atoms with Crippen LogP contribution in [0.15, 0.2) is 15.9 Å². The molecule has 0 saturated carbocycles. The number of carbonyl (C=O) groups excluding carboxylic acids is 1. The van der Waals surface area contributed by atoms with Gasteiger partial charge < -0.3 is 5.73 Å². The molecule has 3 nitrogen and oxygen atoms in total. The Bertz CT molecular complexity index is 380. The van der Waals surface area contributed by atoms with Gasteiger partial charge in [-0.2, -0.15) is 0 Å². The van der Waals surface area contributed by atoms with E-state index in [0.29, 0.717) is 0 Å². The molecule has 1 aliphatic heterocycles. The molecule has 1 amide bonds. The topological polar surface area (TPSA) is 46.3 Å². The van der Waals surface area contributed by atoms with Crippen molar-refractivity contribution in [1.29, 1.82) is 0 Å². The van der Waals surface area contributed by atoms with Crippen LogP contribution >= 0.6 is 27.3 Å². The average Bonchev–Trinajstić information content (AvgIpc) is 2.64. The zero-order valence-electron chi connectivity index (χ0n) is 8.99. The number of hydrogen-bond acceptors (Lipinski definition) is 3. The van der Waals surface area contributed by atoms with Crippen LogP contribution in [0.4, 0.5) is 0 Å². The summed E-state index contributed by atoms with van der Waals surface area (Å²) >= 11 is 5.20. The van der Waals surface area contributed by atoms with E-state index in [1.165, 1.54) is 4.88 Å². The number of nitrogens with two attached hydrogens (primary N) is 1. The number of likely N-dealkylation sites (tertiary alicyclic amines) is 1. The number of primary amides is 1. The van der Waals surface area contributed by atoms with E-state index in [1.807, 2.05) is 0 Å². The van der Waals surface area contributed by atoms with Gasteiger partial charge in [0.25, 0.3) is 0 Å². The van der Waals surface area contributed by atoms with Gasteiger partial charge in [-0.05, 0) is 41.4 Å². The highest BCUT2D eigenvalue weighted by molar-refractivity contribution is 9.10. The molecule has 0 spiro atoms. The summed E-state index contributed by atoms with van der Waals surface area (Å²) in [7, 11) is 0. The summed E-state index contributed by atoms with van der Waals surface area (Å²) in [6, 6.07) is 2.14. The lowest BCUT2D eigenvalue weighted by Gasteiger charge is -2.30. The molecular weight excluding hydrogens is 288 g/mol. The van der Waals surface area contributed by atoms with Gasteiger partial charge >= 0.3 is 0 Å². The lowest BCUT2D eigenvalue weighted by molar-refractivity contribution is -0.123. The summed E-state index contributed by atoms with van der Waals surface area (Å²) < 4.78 is 1.14. The van der Waals surface area contributed by atoms with Crippen LogP contribution < -0.4 is 5.73 Å². The monoisotopic (exact) mass is 302 g/mol. The molecule has 0 aliphatic carbocycles. The third-order valence-corrected chi connectivity index (χ3v) is 4.59. The number of halogens is 1. The summed E-state index contributed by atoms with van der Waals surface area (Å²) in [5.74, 6) is -0.116. The van der Waals surface area contributed by atoms with Crippen molar-refractivity contribution in [2.24, 2.45) is 11.7 Å². The minimum atomic E-state index is -0.155. The smallest absolute Gasteiger partial charge is 0.221 e. The first-order valence-electron chi connectivity index (χ1n) is 5.40. The van der Waals surface area contributed by atoms with Crippen LogP contribution in [-0.4, -0.2) is 23.9 Å². The van der Waals surface area contributed by atoms with E-state index in [2.05, 4.69) is 32.3 Å². The summed E-state index contributed by atoms with van der Waals surface area (Å²) in [6.07, 6.45) is 2.01. The normalized spacial score (nSPS) is 22.2. The van der Waals surface area contributed by atoms with Gasteiger partial charge in [-0.3, -0.25) is 9.69 Å². The largest absolute Gasteiger partial charge is 0.369 e. The van der Waals surface area contributed by atoms with E-state index < -0.39 is 0 Å². The minimum absolute atomic E-state index is 0.0390. The van der Waals surface area contributed by atoms with Crippen LogP contribution in [0, 0.1) is 5.92 Å². The van der Waals surface area contributed by atoms with Crippen LogP contribution in [0.1, 0.15) is 17.7 Å². The van der Waals surface area contributed by atoms with Crippen molar-refractivity contribution in [1.82, 2.24) is 4.90 Å². The van der Waals surface area contributed by atoms with Crippen molar-refractivity contribution < 1.29 is 4.79 Å². The predicted molar refractivity (Wildman–Crippen MR) is 69.2 cm³/mol. The van der Waals surface area contributed by atoms with Gasteiger partial charge in [0, 0.05) is 27.8 Å². The zero-order chi connectivity index (χ0) is 11.5. The maximum absolute atomic E-state index is 11.1. The lowest BCUT2D eigenvalue weighted by atomic mass is 9.97. The Morgan fingerprint density at radius 1 is 1.69 bits per heavy atom. The Balaban J connectivity index is 1.92. The SMILES string of the molecule is NC(=O)[C@H]1CCCN(Cc2cc(Br)cs2)C1. The van der Waals surface area contributed by atoms with Crippen LogP contribution in [0.5, 0.6) is 0 Å². The molecule has 1 atom stereocenters. The Morgan fingerprint density at radius 3 is 3.12 bits per heavy atom. The average molecular weight is 303 g/mol. The molecule has 1 aromatic rings. The van der Waals surface area contributed by atoms with Gasteiger partial charge in [0.2, 0.25) is 5.91 Å². The van der Waals surface area contributed by atoms with Gasteiger partial charge in [-0.25, -0.2) is 0 Å². The van der Waals surface area contributed by atoms with E-state index in [-0.39, 0.29) is 11.8 Å². The summed E-state index contributed by atoms with van der Waals surface area (Å²) in [5.41, 5.74) is 5.36. The molecule has 2 heterocycles. The van der Waals surface area contributed by atoms with Crippen molar-refractivity contribution in [3.05, 3.63) is 20.8 Å². The second-order valence-corrected chi connectivity index (χ2v) is 6.12. The number of amides is 1. The van der Waals surface area contributed by atoms with E-state index >= 15 is 0 Å². The molecule has 0 unspecified atom stereocenters. The molecule has 16 heavy (non-hydrogen) atoms. The Labute approximate surface area is 108 Å². The number of hydrogen-bond donors (Lipinski definition) is 1. The standard InChI is InChI=1S/C11H15BrN2OS/c12-9-4-10(16-7-9)6-14-3-1-2-8(5-14)11(13)15/h4,7-8H,1-3,5-6H2,(H2,13,15)/t8-/m0/s1. The second kappa shape index (κ2) is 5.29. The first kappa shape index (κ1) is 12.1. The quantitative estimate of drug-likeness (QED) is 0.930. The van der Waals surface area contributed by atoms with Crippen molar-refractivity contribution in [3.63, 3.8) is 0 Å². The van der Waals surface area contributed by atoms with E-state index in [1.54, 1.807) is 11.3 Å². The molecule has 2 N–H and O–H groups in total. The third kappa shape index (κ3) is 3.06. The fraction of sp³-hybridized carbons (Fsp3) is 0.545. The highest BCUT2D eigenvalue weighted by Gasteiger charge is 2.23. The van der Waals surface area contributed by atoms with Crippen molar-refractivity contribution in [3.8, 4) is 0 Å². The second-order valence-electron chi connectivity index (χ2n) is 4.21. The third-order valence-electron chi connectivity index (χ3n) is 2.91. The lowest BCUT2D eigenvalue weighted by Crippen LogP contribution is -2.40. The maximum Gasteiger partial charge on any atom is 0.221 e. The fourth-order valence-electron chi connectivity index (χ4n) is 2.09. The summed E-state index contributed by atoms with van der Waals surface area (Å²) in [6.45, 7) is 2.81. The van der Waals surface area contributed by atoms with Crippen LogP contribution in [0.25, 0.3) is 0 Å². The highest BCUT2D eigenvalue weighted by Crippen LogP contribution is 2.23. The number of rotatable bonds is 3. The van der Waals surface area contributed by atoms with Crippen LogP contribution in [-0.2, 0) is 11.3 Å². The number of carbonyl (C=O) groups is 1. The van der Waals surface area contributed by atoms with E-state index in [4.69, 9.17) is 5.73 Å². The number of piperidine rings is 1. The van der Waals surface area contributed by atoms with E-state index in [0.717, 1.165) is 36.9 Å². The Morgan fingerprint density at radius 2 is 2.50 bits per heavy atom. The number of nitrogens with zero attached hydrogens (tertiary/aromatic N) is 1. The molecule has 1 aromatic heterocycles. The molecule has 2 rings (SSSR count). The van der Waals surface area contributed by atoms with Crippen molar-refractivity contribution in [2.75, 3.05) is 13.1 Å². The van der Waals surface area contributed by atoms with Crippen molar-refractivity contribution >= 4 is 33.2 Å². The molecule has 0 radical (unpaired) electrons. The summed E-state index contributed by atoms with van der Waals surface area (Å²) in [4.78, 5) is 14.8. The molecular formula is C11H15BrN2OS. The van der Waals surface area contributed by atoms with Crippen LogP contribution in [0.2, 0.25) is 0 Å². The van der Waals surface area contributed by atoms with Crippen molar-refractivity contribution in [2.45, 2.75) is 19.4 Å². The molecule has 5 heteroatoms. The first-order valence-corrected chi connectivity index (χ1v) is 7.07. The molecule has 0 bridgehead atoms. The van der Waals surface area contributed by atoms with Gasteiger partial charge in [-0.1, -0.05) is 0 Å². The van der Waals surface area contributed by atoms with Gasteiger partial charge in [-0.15, -0.1) is 11.3 Å². The molecule has 1 saturated heterocycles. The van der Waals surface area contributed by atoms with Gasteiger partial charge in [0.1, 0.15) is 0 Å². The zero-order valence-corrected chi connectivity index (χ0v) is 11.4. The summed E-state index contributed by atoms with van der Waals surface area (Å²) in [5, 5.41) is 2.09. The fourth-order valence-corrected chi connectivity index (χ4v) is 3.58. The van der Waals surface area contributed by atoms with Gasteiger partial charge in [0.05, 0.1) is 5.92 Å². The minimum Gasteiger partial charge on any atom is -0.369 e.